The van der Waals surface area contributed by atoms with Crippen molar-refractivity contribution in [2.75, 3.05) is 18.5 Å². The molecule has 40 heavy (non-hydrogen) atoms. The minimum absolute atomic E-state index is 0.0530. The zero-order valence-corrected chi connectivity index (χ0v) is 23.6. The number of aliphatic hydroxyl groups excluding tert-OH is 1. The lowest BCUT2D eigenvalue weighted by Crippen LogP contribution is -2.42. The van der Waals surface area contributed by atoms with Crippen LogP contribution in [0.25, 0.3) is 22.2 Å². The largest absolute Gasteiger partial charge is 0.389 e. The Morgan fingerprint density at radius 2 is 2.08 bits per heavy atom. The van der Waals surface area contributed by atoms with Crippen molar-refractivity contribution in [3.63, 3.8) is 0 Å². The maximum atomic E-state index is 15.1. The number of hydrogen-bond donors (Lipinski definition) is 2. The van der Waals surface area contributed by atoms with Gasteiger partial charge in [-0.3, -0.25) is 4.79 Å². The molecular weight excluding hydrogens is 545 g/mol. The van der Waals surface area contributed by atoms with E-state index in [1.54, 1.807) is 13.0 Å². The van der Waals surface area contributed by atoms with Gasteiger partial charge in [-0.2, -0.15) is 0 Å². The van der Waals surface area contributed by atoms with Crippen molar-refractivity contribution in [1.29, 1.82) is 0 Å². The predicted octanol–water partition coefficient (Wildman–Crippen LogP) is 6.07. The quantitative estimate of drug-likeness (QED) is 0.369. The first-order valence-electron chi connectivity index (χ1n) is 13.8. The van der Waals surface area contributed by atoms with E-state index in [9.17, 15) is 18.7 Å². The van der Waals surface area contributed by atoms with Gasteiger partial charge in [-0.05, 0) is 64.5 Å². The molecule has 2 aliphatic rings. The Balaban J connectivity index is 1.61. The predicted molar refractivity (Wildman–Crippen MR) is 149 cm³/mol. The molecule has 3 atom stereocenters. The van der Waals surface area contributed by atoms with Crippen LogP contribution in [0.2, 0.25) is 5.02 Å². The van der Waals surface area contributed by atoms with Crippen LogP contribution in [0.15, 0.2) is 23.1 Å². The van der Waals surface area contributed by atoms with Gasteiger partial charge in [0.1, 0.15) is 5.69 Å². The van der Waals surface area contributed by atoms with Crippen LogP contribution >= 0.6 is 11.6 Å². The first-order valence-corrected chi connectivity index (χ1v) is 14.1. The third kappa shape index (κ3) is 5.71. The van der Waals surface area contributed by atoms with Gasteiger partial charge in [0.05, 0.1) is 35.5 Å². The van der Waals surface area contributed by atoms with Gasteiger partial charge < -0.3 is 19.7 Å². The SMILES string of the molecule is Cc1c(CC2CCCC(F)(F)C2)n(C(C)C)c2cc(-c3nc(N[C@@H]4CCOC[C@H]4O)ncc3F)c(Cl)cc2c1=O. The summed E-state index contributed by atoms with van der Waals surface area (Å²) in [6.45, 7) is 6.29. The highest BCUT2D eigenvalue weighted by Crippen LogP contribution is 2.39. The number of alkyl halides is 2. The molecule has 11 heteroatoms. The maximum Gasteiger partial charge on any atom is 0.248 e. The summed E-state index contributed by atoms with van der Waals surface area (Å²) in [4.78, 5) is 21.9. The molecular formula is C29H34ClF3N4O3. The van der Waals surface area contributed by atoms with Crippen LogP contribution in [0.5, 0.6) is 0 Å². The van der Waals surface area contributed by atoms with Gasteiger partial charge in [0.25, 0.3) is 0 Å². The number of fused-ring (bicyclic) bond motifs is 1. The molecule has 0 radical (unpaired) electrons. The van der Waals surface area contributed by atoms with Gasteiger partial charge >= 0.3 is 0 Å². The summed E-state index contributed by atoms with van der Waals surface area (Å²) < 4.78 is 50.8. The topological polar surface area (TPSA) is 89.3 Å². The third-order valence-corrected chi connectivity index (χ3v) is 8.35. The highest BCUT2D eigenvalue weighted by molar-refractivity contribution is 6.34. The molecule has 1 aromatic carbocycles. The second-order valence-electron chi connectivity index (χ2n) is 11.3. The number of nitrogens with zero attached hydrogens (tertiary/aromatic N) is 3. The van der Waals surface area contributed by atoms with Crippen molar-refractivity contribution in [2.24, 2.45) is 5.92 Å². The number of benzene rings is 1. The number of hydrogen-bond acceptors (Lipinski definition) is 6. The van der Waals surface area contributed by atoms with E-state index >= 15 is 4.39 Å². The first-order chi connectivity index (χ1) is 18.9. The van der Waals surface area contributed by atoms with Gasteiger partial charge in [-0.1, -0.05) is 11.6 Å². The number of nitrogens with one attached hydrogen (secondary N) is 1. The highest BCUT2D eigenvalue weighted by atomic mass is 35.5. The Hall–Kier alpha value is -2.69. The van der Waals surface area contributed by atoms with E-state index in [1.165, 1.54) is 6.07 Å². The summed E-state index contributed by atoms with van der Waals surface area (Å²) in [5.74, 6) is -3.52. The molecule has 3 heterocycles. The van der Waals surface area contributed by atoms with E-state index in [0.717, 1.165) is 6.20 Å². The van der Waals surface area contributed by atoms with E-state index in [0.29, 0.717) is 54.5 Å². The molecule has 1 saturated heterocycles. The normalized spacial score (nSPS) is 23.1. The summed E-state index contributed by atoms with van der Waals surface area (Å²) >= 11 is 6.62. The molecule has 1 unspecified atom stereocenters. The molecule has 3 aromatic rings. The lowest BCUT2D eigenvalue weighted by molar-refractivity contribution is -0.0524. The summed E-state index contributed by atoms with van der Waals surface area (Å²) in [5.41, 5.74) is 1.75. The summed E-state index contributed by atoms with van der Waals surface area (Å²) in [6, 6.07) is 2.70. The van der Waals surface area contributed by atoms with Crippen LogP contribution in [0.4, 0.5) is 19.1 Å². The molecule has 0 spiro atoms. The van der Waals surface area contributed by atoms with E-state index in [4.69, 9.17) is 16.3 Å². The summed E-state index contributed by atoms with van der Waals surface area (Å²) in [7, 11) is 0. The number of aromatic nitrogens is 3. The van der Waals surface area contributed by atoms with Gasteiger partial charge in [-0.15, -0.1) is 0 Å². The second-order valence-corrected chi connectivity index (χ2v) is 11.7. The Bertz CT molecular complexity index is 1480. The molecule has 2 fully saturated rings. The van der Waals surface area contributed by atoms with E-state index in [1.807, 2.05) is 18.4 Å². The Labute approximate surface area is 235 Å². The van der Waals surface area contributed by atoms with Crippen molar-refractivity contribution in [1.82, 2.24) is 14.5 Å². The fourth-order valence-corrected chi connectivity index (χ4v) is 6.28. The molecule has 1 aliphatic heterocycles. The van der Waals surface area contributed by atoms with Crippen LogP contribution in [0, 0.1) is 18.7 Å². The second kappa shape index (κ2) is 11.3. The Morgan fingerprint density at radius 3 is 2.77 bits per heavy atom. The fraction of sp³-hybridized carbons (Fsp3) is 0.552. The van der Waals surface area contributed by atoms with Crippen LogP contribution in [-0.2, 0) is 11.2 Å². The first kappa shape index (κ1) is 28.8. The zero-order valence-electron chi connectivity index (χ0n) is 22.8. The average Bonchev–Trinajstić information content (AvgIpc) is 2.89. The van der Waals surface area contributed by atoms with E-state index < -0.39 is 17.8 Å². The van der Waals surface area contributed by atoms with Crippen molar-refractivity contribution in [3.05, 3.63) is 50.7 Å². The van der Waals surface area contributed by atoms with E-state index in [2.05, 4.69) is 15.3 Å². The van der Waals surface area contributed by atoms with Gasteiger partial charge in [-0.25, -0.2) is 23.1 Å². The monoisotopic (exact) mass is 578 g/mol. The minimum Gasteiger partial charge on any atom is -0.389 e. The maximum absolute atomic E-state index is 15.1. The molecule has 216 valence electrons. The Morgan fingerprint density at radius 1 is 1.30 bits per heavy atom. The van der Waals surface area contributed by atoms with Gasteiger partial charge in [0, 0.05) is 47.7 Å². The fourth-order valence-electron chi connectivity index (χ4n) is 6.03. The van der Waals surface area contributed by atoms with Crippen LogP contribution < -0.4 is 10.7 Å². The minimum atomic E-state index is -2.70. The van der Waals surface area contributed by atoms with Gasteiger partial charge in [0.15, 0.2) is 11.2 Å². The molecule has 1 aliphatic carbocycles. The summed E-state index contributed by atoms with van der Waals surface area (Å²) in [5, 5.41) is 13.8. The van der Waals surface area contributed by atoms with Crippen LogP contribution in [0.3, 0.4) is 0 Å². The van der Waals surface area contributed by atoms with Crippen molar-refractivity contribution < 1.29 is 23.0 Å². The molecule has 1 saturated carbocycles. The zero-order chi connectivity index (χ0) is 28.8. The van der Waals surface area contributed by atoms with Gasteiger partial charge in [0.2, 0.25) is 11.9 Å². The number of halogens is 4. The molecule has 2 N–H and O–H groups in total. The smallest absolute Gasteiger partial charge is 0.248 e. The molecule has 2 aromatic heterocycles. The van der Waals surface area contributed by atoms with Crippen molar-refractivity contribution >= 4 is 28.5 Å². The van der Waals surface area contributed by atoms with Crippen molar-refractivity contribution in [2.45, 2.75) is 83.4 Å². The standard InChI is InChI=1S/C29H34ClF3N4O3/c1-15(2)37-23(9-17-5-4-7-29(32,33)12-17)16(3)27(39)19-10-20(30)18(11-24(19)37)26-21(31)13-34-28(36-26)35-22-6-8-40-14-25(22)38/h10-11,13,15,17,22,25,38H,4-9,12,14H2,1-3H3,(H,34,35,36)/t17?,22-,25-/m1/s1. The number of pyridine rings is 1. The van der Waals surface area contributed by atoms with Crippen LogP contribution in [-0.4, -0.2) is 50.9 Å². The Kier molecular flexibility index (Phi) is 8.14. The molecule has 0 amide bonds. The number of rotatable bonds is 6. The lowest BCUT2D eigenvalue weighted by atomic mass is 9.82. The molecule has 0 bridgehead atoms. The number of anilines is 1. The molecule has 5 rings (SSSR count). The lowest BCUT2D eigenvalue weighted by Gasteiger charge is -2.31. The van der Waals surface area contributed by atoms with Crippen LogP contribution in [0.1, 0.15) is 63.3 Å². The molecule has 7 nitrogen and oxygen atoms in total. The number of ether oxygens (including phenoxy) is 1. The number of aliphatic hydroxyl groups is 1. The third-order valence-electron chi connectivity index (χ3n) is 8.03. The average molecular weight is 579 g/mol. The highest BCUT2D eigenvalue weighted by Gasteiger charge is 2.37. The van der Waals surface area contributed by atoms with Crippen molar-refractivity contribution in [3.8, 4) is 11.3 Å². The summed E-state index contributed by atoms with van der Waals surface area (Å²) in [6.07, 6.45) is 1.98. The van der Waals surface area contributed by atoms with E-state index in [-0.39, 0.29) is 65.1 Å².